The van der Waals surface area contributed by atoms with Crippen LogP contribution in [0.4, 0.5) is 10.1 Å². The zero-order chi connectivity index (χ0) is 29.5. The minimum Gasteiger partial charge on any atom is -0.481 e. The summed E-state index contributed by atoms with van der Waals surface area (Å²) in [7, 11) is 0. The molecule has 1 amide bonds. The highest BCUT2D eigenvalue weighted by Gasteiger charge is 2.30. The predicted octanol–water partition coefficient (Wildman–Crippen LogP) is 7.59. The van der Waals surface area contributed by atoms with Crippen molar-refractivity contribution in [3.05, 3.63) is 102 Å². The monoisotopic (exact) mass is 556 g/mol. The molecule has 3 aromatic carbocycles. The van der Waals surface area contributed by atoms with Crippen LogP contribution in [0.1, 0.15) is 62.0 Å². The topological polar surface area (TPSA) is 91.6 Å². The molecule has 0 aliphatic heterocycles. The maximum Gasteiger partial charge on any atom is 0.303 e. The molecule has 0 unspecified atom stereocenters. The Kier molecular flexibility index (Phi) is 9.73. The van der Waals surface area contributed by atoms with Gasteiger partial charge in [0.25, 0.3) is 5.91 Å². The Hall–Kier alpha value is -4.23. The molecule has 3 N–H and O–H groups in total. The average Bonchev–Trinajstić information content (AvgIpc) is 3.28. The lowest BCUT2D eigenvalue weighted by atomic mass is 9.94. The van der Waals surface area contributed by atoms with Gasteiger partial charge in [-0.15, -0.1) is 0 Å². The zero-order valence-corrected chi connectivity index (χ0v) is 23.7. The van der Waals surface area contributed by atoms with Crippen LogP contribution < -0.4 is 5.32 Å². The third-order valence-electron chi connectivity index (χ3n) is 7.17. The Morgan fingerprint density at radius 1 is 0.878 bits per heavy atom. The van der Waals surface area contributed by atoms with Gasteiger partial charge in [0.15, 0.2) is 0 Å². The van der Waals surface area contributed by atoms with Crippen LogP contribution in [0.15, 0.2) is 84.9 Å². The van der Waals surface area contributed by atoms with Crippen LogP contribution in [-0.2, 0) is 11.3 Å². The number of rotatable bonds is 12. The second-order valence-electron chi connectivity index (χ2n) is 10.9. The fraction of sp³-hybridized carbons (Fsp3) is 0.294. The molecule has 1 aromatic heterocycles. The van der Waals surface area contributed by atoms with E-state index in [1.807, 2.05) is 81.4 Å². The Morgan fingerprint density at radius 3 is 2.07 bits per heavy atom. The largest absolute Gasteiger partial charge is 0.481 e. The number of hydrogen-bond donors (Lipinski definition) is 3. The number of aliphatic hydroxyl groups excluding tert-OH is 1. The molecule has 0 saturated heterocycles. The number of hydrogen-bond acceptors (Lipinski definition) is 3. The van der Waals surface area contributed by atoms with Gasteiger partial charge in [0.05, 0.1) is 17.4 Å². The van der Waals surface area contributed by atoms with Crippen molar-refractivity contribution in [2.45, 2.75) is 58.6 Å². The fourth-order valence-electron chi connectivity index (χ4n) is 5.45. The molecule has 41 heavy (non-hydrogen) atoms. The van der Waals surface area contributed by atoms with E-state index in [1.54, 1.807) is 12.1 Å². The number of carbonyl (C=O) groups is 2. The van der Waals surface area contributed by atoms with E-state index in [9.17, 15) is 19.1 Å². The summed E-state index contributed by atoms with van der Waals surface area (Å²) in [6, 6.07) is 25.2. The van der Waals surface area contributed by atoms with Crippen molar-refractivity contribution < 1.29 is 24.2 Å². The van der Waals surface area contributed by atoms with E-state index in [0.29, 0.717) is 30.6 Å². The lowest BCUT2D eigenvalue weighted by Gasteiger charge is -2.20. The van der Waals surface area contributed by atoms with Crippen molar-refractivity contribution in [1.82, 2.24) is 4.57 Å². The minimum atomic E-state index is -0.891. The van der Waals surface area contributed by atoms with Crippen LogP contribution in [0.2, 0.25) is 0 Å². The number of para-hydroxylation sites is 1. The standard InChI is InChI=1S/C34H37FN2O4/c1-22(2)32-31(34(41)36-27-12-8-5-9-13-27)30(24-10-6-4-7-11-24)33(25-14-16-26(35)17-15-25)37(32)19-18-28(38)20-23(3)21-29(39)40/h4-17,22-23,28,38H,18-21H2,1-3H3,(H,36,41)(H,39,40)/t23-,28-/m1/s1. The molecule has 4 rings (SSSR count). The maximum atomic E-state index is 14.1. The molecule has 4 aromatic rings. The van der Waals surface area contributed by atoms with Crippen molar-refractivity contribution in [2.75, 3.05) is 5.32 Å². The molecule has 0 spiro atoms. The Bertz CT molecular complexity index is 1460. The van der Waals surface area contributed by atoms with E-state index in [4.69, 9.17) is 5.11 Å². The molecule has 0 saturated carbocycles. The van der Waals surface area contributed by atoms with Crippen LogP contribution in [0.5, 0.6) is 0 Å². The summed E-state index contributed by atoms with van der Waals surface area (Å²) >= 11 is 0. The first-order chi connectivity index (χ1) is 19.7. The van der Waals surface area contributed by atoms with E-state index in [0.717, 1.165) is 28.1 Å². The normalized spacial score (nSPS) is 12.7. The van der Waals surface area contributed by atoms with Crippen LogP contribution >= 0.6 is 0 Å². The van der Waals surface area contributed by atoms with Crippen LogP contribution in [0.25, 0.3) is 22.4 Å². The predicted molar refractivity (Wildman–Crippen MR) is 160 cm³/mol. The van der Waals surface area contributed by atoms with Gasteiger partial charge in [-0.25, -0.2) is 4.39 Å². The number of aromatic nitrogens is 1. The Morgan fingerprint density at radius 2 is 1.49 bits per heavy atom. The number of aliphatic hydroxyl groups is 1. The number of anilines is 1. The number of halogens is 1. The average molecular weight is 557 g/mol. The first kappa shape index (κ1) is 29.7. The number of carbonyl (C=O) groups excluding carboxylic acids is 1. The number of amides is 1. The van der Waals surface area contributed by atoms with Gasteiger partial charge >= 0.3 is 5.97 Å². The highest BCUT2D eigenvalue weighted by molar-refractivity contribution is 6.12. The van der Waals surface area contributed by atoms with Crippen molar-refractivity contribution in [1.29, 1.82) is 0 Å². The van der Waals surface area contributed by atoms with Gasteiger partial charge < -0.3 is 20.1 Å². The van der Waals surface area contributed by atoms with Gasteiger partial charge in [-0.3, -0.25) is 9.59 Å². The fourth-order valence-corrected chi connectivity index (χ4v) is 5.45. The van der Waals surface area contributed by atoms with Crippen molar-refractivity contribution in [2.24, 2.45) is 5.92 Å². The van der Waals surface area contributed by atoms with E-state index in [-0.39, 0.29) is 30.0 Å². The first-order valence-corrected chi connectivity index (χ1v) is 14.0. The number of carboxylic acid groups (broad SMARTS) is 1. The molecule has 6 nitrogen and oxygen atoms in total. The van der Waals surface area contributed by atoms with Gasteiger partial charge in [-0.2, -0.15) is 0 Å². The molecule has 0 fully saturated rings. The number of nitrogens with one attached hydrogen (secondary N) is 1. The van der Waals surface area contributed by atoms with Crippen molar-refractivity contribution in [3.63, 3.8) is 0 Å². The van der Waals surface area contributed by atoms with E-state index in [2.05, 4.69) is 9.88 Å². The van der Waals surface area contributed by atoms with Crippen LogP contribution in [-0.4, -0.2) is 32.8 Å². The highest BCUT2D eigenvalue weighted by atomic mass is 19.1. The molecular weight excluding hydrogens is 519 g/mol. The van der Waals surface area contributed by atoms with Crippen molar-refractivity contribution in [3.8, 4) is 22.4 Å². The van der Waals surface area contributed by atoms with Gasteiger partial charge in [0.2, 0.25) is 0 Å². The number of benzene rings is 3. The second kappa shape index (κ2) is 13.4. The number of nitrogens with zero attached hydrogens (tertiary/aromatic N) is 1. The molecule has 1 heterocycles. The van der Waals surface area contributed by atoms with E-state index in [1.165, 1.54) is 12.1 Å². The lowest BCUT2D eigenvalue weighted by Crippen LogP contribution is -2.19. The summed E-state index contributed by atoms with van der Waals surface area (Å²) in [6.07, 6.45) is -0.0283. The van der Waals surface area contributed by atoms with Gasteiger partial charge in [0.1, 0.15) is 5.82 Å². The summed E-state index contributed by atoms with van der Waals surface area (Å²) in [5.41, 5.74) is 5.11. The molecule has 0 bridgehead atoms. The third kappa shape index (κ3) is 7.30. The quantitative estimate of drug-likeness (QED) is 0.168. The summed E-state index contributed by atoms with van der Waals surface area (Å²) in [5.74, 6) is -1.75. The lowest BCUT2D eigenvalue weighted by molar-refractivity contribution is -0.138. The van der Waals surface area contributed by atoms with Crippen LogP contribution in [0, 0.1) is 11.7 Å². The molecule has 0 aliphatic rings. The van der Waals surface area contributed by atoms with Gasteiger partial charge in [-0.05, 0) is 72.2 Å². The SMILES string of the molecule is CC(C)c1c(C(=O)Nc2ccccc2)c(-c2ccccc2)c(-c2ccc(F)cc2)n1CC[C@@H](O)C[C@@H](C)CC(=O)O. The van der Waals surface area contributed by atoms with E-state index < -0.39 is 12.1 Å². The molecule has 0 aliphatic carbocycles. The van der Waals surface area contributed by atoms with Crippen molar-refractivity contribution >= 4 is 17.6 Å². The van der Waals surface area contributed by atoms with Crippen LogP contribution in [0.3, 0.4) is 0 Å². The minimum absolute atomic E-state index is 0.0133. The van der Waals surface area contributed by atoms with E-state index >= 15 is 0 Å². The molecule has 214 valence electrons. The maximum absolute atomic E-state index is 14.1. The number of carboxylic acids is 1. The summed E-state index contributed by atoms with van der Waals surface area (Å²) in [4.78, 5) is 25.2. The highest BCUT2D eigenvalue weighted by Crippen LogP contribution is 2.42. The molecule has 2 atom stereocenters. The smallest absolute Gasteiger partial charge is 0.303 e. The summed E-state index contributed by atoms with van der Waals surface area (Å²) in [5, 5.41) is 23.1. The number of aliphatic carboxylic acids is 1. The van der Waals surface area contributed by atoms with Gasteiger partial charge in [-0.1, -0.05) is 69.3 Å². The van der Waals surface area contributed by atoms with Gasteiger partial charge in [0, 0.05) is 29.9 Å². The summed E-state index contributed by atoms with van der Waals surface area (Å²) in [6.45, 7) is 6.26. The molecular formula is C34H37FN2O4. The Balaban J connectivity index is 1.89. The molecule has 7 heteroatoms. The molecule has 0 radical (unpaired) electrons. The second-order valence-corrected chi connectivity index (χ2v) is 10.9. The zero-order valence-electron chi connectivity index (χ0n) is 23.7. The first-order valence-electron chi connectivity index (χ1n) is 14.0. The Labute approximate surface area is 240 Å². The summed E-state index contributed by atoms with van der Waals surface area (Å²) < 4.78 is 16.1. The third-order valence-corrected chi connectivity index (χ3v) is 7.17.